The summed E-state index contributed by atoms with van der Waals surface area (Å²) < 4.78 is 0. The number of piperazine rings is 1. The predicted octanol–water partition coefficient (Wildman–Crippen LogP) is 2.15. The van der Waals surface area contributed by atoms with E-state index in [4.69, 9.17) is 0 Å². The normalized spacial score (nSPS) is 24.3. The minimum atomic E-state index is 0.148. The molecule has 0 saturated carbocycles. The lowest BCUT2D eigenvalue weighted by Crippen LogP contribution is -2.58. The zero-order valence-corrected chi connectivity index (χ0v) is 11.4. The molecule has 0 aliphatic carbocycles. The number of rotatable bonds is 2. The van der Waals surface area contributed by atoms with Crippen LogP contribution in [0.2, 0.25) is 0 Å². The molecule has 2 atom stereocenters. The maximum absolute atomic E-state index is 12.5. The predicted molar refractivity (Wildman–Crippen MR) is 73.6 cm³/mol. The van der Waals surface area contributed by atoms with E-state index in [0.717, 1.165) is 18.7 Å². The van der Waals surface area contributed by atoms with Crippen LogP contribution in [0, 0.1) is 5.92 Å². The third-order valence-electron chi connectivity index (χ3n) is 3.69. The summed E-state index contributed by atoms with van der Waals surface area (Å²) in [5, 5.41) is 3.51. The molecule has 2 rings (SSSR count). The first-order valence-electron chi connectivity index (χ1n) is 6.69. The van der Waals surface area contributed by atoms with Crippen molar-refractivity contribution < 1.29 is 4.79 Å². The molecule has 0 spiro atoms. The van der Waals surface area contributed by atoms with Crippen LogP contribution in [0.15, 0.2) is 30.3 Å². The second-order valence-electron chi connectivity index (χ2n) is 5.43. The molecule has 1 aliphatic heterocycles. The van der Waals surface area contributed by atoms with Crippen molar-refractivity contribution in [1.82, 2.24) is 10.2 Å². The SMILES string of the molecule is CC(C)C1CN(C(=O)c2ccccc2)C(C)CN1. The zero-order valence-electron chi connectivity index (χ0n) is 11.4. The van der Waals surface area contributed by atoms with Gasteiger partial charge in [0.2, 0.25) is 0 Å². The monoisotopic (exact) mass is 246 g/mol. The van der Waals surface area contributed by atoms with E-state index in [1.165, 1.54) is 0 Å². The number of nitrogens with one attached hydrogen (secondary N) is 1. The fourth-order valence-corrected chi connectivity index (χ4v) is 2.36. The van der Waals surface area contributed by atoms with E-state index in [2.05, 4.69) is 26.1 Å². The van der Waals surface area contributed by atoms with E-state index in [1.54, 1.807) is 0 Å². The smallest absolute Gasteiger partial charge is 0.254 e. The third-order valence-corrected chi connectivity index (χ3v) is 3.69. The van der Waals surface area contributed by atoms with Crippen LogP contribution < -0.4 is 5.32 Å². The van der Waals surface area contributed by atoms with Crippen LogP contribution in [0.4, 0.5) is 0 Å². The van der Waals surface area contributed by atoms with Gasteiger partial charge in [-0.05, 0) is 25.0 Å². The average Bonchev–Trinajstić information content (AvgIpc) is 2.39. The van der Waals surface area contributed by atoms with E-state index in [-0.39, 0.29) is 11.9 Å². The van der Waals surface area contributed by atoms with Crippen LogP contribution in [0.25, 0.3) is 0 Å². The van der Waals surface area contributed by atoms with Gasteiger partial charge in [-0.1, -0.05) is 32.0 Å². The Morgan fingerprint density at radius 2 is 2.00 bits per heavy atom. The summed E-state index contributed by atoms with van der Waals surface area (Å²) in [7, 11) is 0. The van der Waals surface area contributed by atoms with Crippen LogP contribution in [0.5, 0.6) is 0 Å². The van der Waals surface area contributed by atoms with Crippen LogP contribution in [0.3, 0.4) is 0 Å². The fraction of sp³-hybridized carbons (Fsp3) is 0.533. The topological polar surface area (TPSA) is 32.3 Å². The van der Waals surface area contributed by atoms with Crippen molar-refractivity contribution >= 4 is 5.91 Å². The molecule has 1 aromatic rings. The molecule has 2 unspecified atom stereocenters. The molecule has 1 saturated heterocycles. The van der Waals surface area contributed by atoms with Crippen molar-refractivity contribution in [2.75, 3.05) is 13.1 Å². The molecule has 0 radical (unpaired) electrons. The Hall–Kier alpha value is -1.35. The van der Waals surface area contributed by atoms with Crippen LogP contribution >= 0.6 is 0 Å². The Morgan fingerprint density at radius 1 is 1.33 bits per heavy atom. The molecule has 1 fully saturated rings. The summed E-state index contributed by atoms with van der Waals surface area (Å²) in [5.41, 5.74) is 0.786. The molecule has 3 nitrogen and oxygen atoms in total. The summed E-state index contributed by atoms with van der Waals surface area (Å²) in [6, 6.07) is 10.2. The Bertz CT molecular complexity index is 402. The Kier molecular flexibility index (Phi) is 4.02. The van der Waals surface area contributed by atoms with Crippen LogP contribution in [-0.4, -0.2) is 36.0 Å². The van der Waals surface area contributed by atoms with Crippen molar-refractivity contribution in [2.45, 2.75) is 32.9 Å². The Balaban J connectivity index is 2.13. The van der Waals surface area contributed by atoms with E-state index >= 15 is 0 Å². The van der Waals surface area contributed by atoms with Crippen molar-refractivity contribution in [3.8, 4) is 0 Å². The van der Waals surface area contributed by atoms with Gasteiger partial charge in [0.1, 0.15) is 0 Å². The van der Waals surface area contributed by atoms with E-state index < -0.39 is 0 Å². The molecule has 98 valence electrons. The zero-order chi connectivity index (χ0) is 13.1. The highest BCUT2D eigenvalue weighted by Crippen LogP contribution is 2.15. The third kappa shape index (κ3) is 2.72. The van der Waals surface area contributed by atoms with Crippen molar-refractivity contribution in [2.24, 2.45) is 5.92 Å². The van der Waals surface area contributed by atoms with E-state index in [0.29, 0.717) is 12.0 Å². The fourth-order valence-electron chi connectivity index (χ4n) is 2.36. The van der Waals surface area contributed by atoms with Gasteiger partial charge in [-0.25, -0.2) is 0 Å². The van der Waals surface area contributed by atoms with Gasteiger partial charge < -0.3 is 10.2 Å². The van der Waals surface area contributed by atoms with Gasteiger partial charge >= 0.3 is 0 Å². The van der Waals surface area contributed by atoms with Gasteiger partial charge in [0.25, 0.3) is 5.91 Å². The second kappa shape index (κ2) is 5.53. The number of hydrogen-bond donors (Lipinski definition) is 1. The molecule has 1 heterocycles. The molecular weight excluding hydrogens is 224 g/mol. The van der Waals surface area contributed by atoms with Crippen LogP contribution in [0.1, 0.15) is 31.1 Å². The first-order valence-corrected chi connectivity index (χ1v) is 6.69. The molecule has 0 aromatic heterocycles. The quantitative estimate of drug-likeness (QED) is 0.867. The molecular formula is C15H22N2O. The lowest BCUT2D eigenvalue weighted by atomic mass is 9.99. The summed E-state index contributed by atoms with van der Waals surface area (Å²) in [6.07, 6.45) is 0. The first-order chi connectivity index (χ1) is 8.59. The standard InChI is InChI=1S/C15H22N2O/c1-11(2)14-10-17(12(3)9-16-14)15(18)13-7-5-4-6-8-13/h4-8,11-12,14,16H,9-10H2,1-3H3. The lowest BCUT2D eigenvalue weighted by Gasteiger charge is -2.40. The van der Waals surface area contributed by atoms with Crippen LogP contribution in [-0.2, 0) is 0 Å². The van der Waals surface area contributed by atoms with Gasteiger partial charge in [0, 0.05) is 30.7 Å². The van der Waals surface area contributed by atoms with E-state index in [1.807, 2.05) is 35.2 Å². The molecule has 1 amide bonds. The molecule has 3 heteroatoms. The van der Waals surface area contributed by atoms with Crippen molar-refractivity contribution in [3.63, 3.8) is 0 Å². The first kappa shape index (κ1) is 13.1. The number of benzene rings is 1. The largest absolute Gasteiger partial charge is 0.333 e. The average molecular weight is 246 g/mol. The molecule has 1 N–H and O–H groups in total. The highest BCUT2D eigenvalue weighted by atomic mass is 16.2. The lowest BCUT2D eigenvalue weighted by molar-refractivity contribution is 0.0579. The minimum absolute atomic E-state index is 0.148. The summed E-state index contributed by atoms with van der Waals surface area (Å²) in [6.45, 7) is 8.16. The molecule has 1 aromatic carbocycles. The summed E-state index contributed by atoms with van der Waals surface area (Å²) in [4.78, 5) is 14.5. The molecule has 0 bridgehead atoms. The number of nitrogens with zero attached hydrogens (tertiary/aromatic N) is 1. The molecule has 1 aliphatic rings. The minimum Gasteiger partial charge on any atom is -0.333 e. The number of carbonyl (C=O) groups excluding carboxylic acids is 1. The number of amides is 1. The highest BCUT2D eigenvalue weighted by Gasteiger charge is 2.30. The summed E-state index contributed by atoms with van der Waals surface area (Å²) in [5.74, 6) is 0.693. The number of hydrogen-bond acceptors (Lipinski definition) is 2. The van der Waals surface area contributed by atoms with Gasteiger partial charge in [-0.15, -0.1) is 0 Å². The van der Waals surface area contributed by atoms with Gasteiger partial charge in [-0.3, -0.25) is 4.79 Å². The Labute approximate surface area is 109 Å². The summed E-state index contributed by atoms with van der Waals surface area (Å²) >= 11 is 0. The maximum Gasteiger partial charge on any atom is 0.254 e. The van der Waals surface area contributed by atoms with Gasteiger partial charge in [0.15, 0.2) is 0 Å². The highest BCUT2D eigenvalue weighted by molar-refractivity contribution is 5.94. The van der Waals surface area contributed by atoms with Gasteiger partial charge in [-0.2, -0.15) is 0 Å². The molecule has 18 heavy (non-hydrogen) atoms. The Morgan fingerprint density at radius 3 is 2.61 bits per heavy atom. The maximum atomic E-state index is 12.5. The van der Waals surface area contributed by atoms with Crippen molar-refractivity contribution in [1.29, 1.82) is 0 Å². The number of carbonyl (C=O) groups is 1. The van der Waals surface area contributed by atoms with Gasteiger partial charge in [0.05, 0.1) is 0 Å². The second-order valence-corrected chi connectivity index (χ2v) is 5.43. The van der Waals surface area contributed by atoms with Crippen molar-refractivity contribution in [3.05, 3.63) is 35.9 Å². The van der Waals surface area contributed by atoms with E-state index in [9.17, 15) is 4.79 Å².